The molecule has 6 nitrogen and oxygen atoms in total. The van der Waals surface area contributed by atoms with E-state index >= 15 is 0 Å². The predicted octanol–water partition coefficient (Wildman–Crippen LogP) is -0.940. The maximum atomic E-state index is 11.5. The van der Waals surface area contributed by atoms with Gasteiger partial charge in [0.25, 0.3) is 0 Å². The number of carbonyl (C=O) groups is 2. The number of hydrogen-bond acceptors (Lipinski definition) is 4. The SMILES string of the molecule is O=C1CCN(C2CC(O)C(CO)C2)C(=O)N1. The van der Waals surface area contributed by atoms with Gasteiger partial charge in [-0.1, -0.05) is 0 Å². The van der Waals surface area contributed by atoms with E-state index in [1.165, 1.54) is 0 Å². The van der Waals surface area contributed by atoms with Crippen molar-refractivity contribution in [2.45, 2.75) is 31.4 Å². The van der Waals surface area contributed by atoms with Crippen molar-refractivity contribution in [1.82, 2.24) is 10.2 Å². The van der Waals surface area contributed by atoms with Crippen molar-refractivity contribution in [3.63, 3.8) is 0 Å². The molecule has 3 atom stereocenters. The third kappa shape index (κ3) is 2.03. The van der Waals surface area contributed by atoms with Gasteiger partial charge in [-0.25, -0.2) is 4.79 Å². The Hall–Kier alpha value is -1.14. The number of nitrogens with zero attached hydrogens (tertiary/aromatic N) is 1. The minimum absolute atomic E-state index is 0.0634. The molecule has 0 aromatic heterocycles. The van der Waals surface area contributed by atoms with Crippen molar-refractivity contribution in [2.75, 3.05) is 13.2 Å². The molecule has 2 fully saturated rings. The maximum Gasteiger partial charge on any atom is 0.324 e. The van der Waals surface area contributed by atoms with Crippen LogP contribution in [0, 0.1) is 5.92 Å². The molecule has 90 valence electrons. The fourth-order valence-corrected chi connectivity index (χ4v) is 2.45. The zero-order valence-corrected chi connectivity index (χ0v) is 8.93. The van der Waals surface area contributed by atoms with Crippen molar-refractivity contribution in [1.29, 1.82) is 0 Å². The highest BCUT2D eigenvalue weighted by molar-refractivity contribution is 5.96. The highest BCUT2D eigenvalue weighted by Crippen LogP contribution is 2.30. The van der Waals surface area contributed by atoms with Gasteiger partial charge in [0.15, 0.2) is 0 Å². The molecule has 0 spiro atoms. The number of rotatable bonds is 2. The van der Waals surface area contributed by atoms with Crippen LogP contribution in [0.5, 0.6) is 0 Å². The number of nitrogens with one attached hydrogen (secondary N) is 1. The van der Waals surface area contributed by atoms with E-state index in [0.29, 0.717) is 25.8 Å². The van der Waals surface area contributed by atoms with Crippen LogP contribution in [0.15, 0.2) is 0 Å². The largest absolute Gasteiger partial charge is 0.396 e. The zero-order valence-electron chi connectivity index (χ0n) is 8.93. The van der Waals surface area contributed by atoms with Gasteiger partial charge in [0, 0.05) is 31.5 Å². The van der Waals surface area contributed by atoms with E-state index in [9.17, 15) is 14.7 Å². The Morgan fingerprint density at radius 3 is 2.69 bits per heavy atom. The van der Waals surface area contributed by atoms with Crippen molar-refractivity contribution in [2.24, 2.45) is 5.92 Å². The van der Waals surface area contributed by atoms with E-state index in [0.717, 1.165) is 0 Å². The molecule has 1 saturated carbocycles. The van der Waals surface area contributed by atoms with Gasteiger partial charge in [-0.3, -0.25) is 10.1 Å². The summed E-state index contributed by atoms with van der Waals surface area (Å²) in [5.41, 5.74) is 0. The zero-order chi connectivity index (χ0) is 11.7. The minimum atomic E-state index is -0.555. The lowest BCUT2D eigenvalue weighted by Crippen LogP contribution is -2.53. The average molecular weight is 228 g/mol. The molecule has 1 saturated heterocycles. The van der Waals surface area contributed by atoms with Crippen LogP contribution in [0.3, 0.4) is 0 Å². The van der Waals surface area contributed by atoms with Crippen LogP contribution in [-0.2, 0) is 4.79 Å². The fraction of sp³-hybridized carbons (Fsp3) is 0.800. The molecule has 1 heterocycles. The highest BCUT2D eigenvalue weighted by atomic mass is 16.3. The van der Waals surface area contributed by atoms with Crippen molar-refractivity contribution in [3.05, 3.63) is 0 Å². The number of hydrogen-bond donors (Lipinski definition) is 3. The topological polar surface area (TPSA) is 89.9 Å². The number of urea groups is 1. The number of carbonyl (C=O) groups excluding carboxylic acids is 2. The number of amides is 3. The molecular weight excluding hydrogens is 212 g/mol. The summed E-state index contributed by atoms with van der Waals surface area (Å²) in [7, 11) is 0. The van der Waals surface area contributed by atoms with Gasteiger partial charge >= 0.3 is 6.03 Å². The van der Waals surface area contributed by atoms with Crippen molar-refractivity contribution >= 4 is 11.9 Å². The first-order valence-corrected chi connectivity index (χ1v) is 5.51. The summed E-state index contributed by atoms with van der Waals surface area (Å²) >= 11 is 0. The molecule has 2 rings (SSSR count). The van der Waals surface area contributed by atoms with Gasteiger partial charge in [0.1, 0.15) is 0 Å². The second-order valence-electron chi connectivity index (χ2n) is 4.43. The monoisotopic (exact) mass is 228 g/mol. The summed E-state index contributed by atoms with van der Waals surface area (Å²) < 4.78 is 0. The Bertz CT molecular complexity index is 307. The van der Waals surface area contributed by atoms with Crippen molar-refractivity contribution in [3.8, 4) is 0 Å². The van der Waals surface area contributed by atoms with Crippen LogP contribution in [0.4, 0.5) is 4.79 Å². The van der Waals surface area contributed by atoms with E-state index in [1.807, 2.05) is 0 Å². The maximum absolute atomic E-state index is 11.5. The van der Waals surface area contributed by atoms with Crippen LogP contribution >= 0.6 is 0 Å². The van der Waals surface area contributed by atoms with E-state index in [-0.39, 0.29) is 30.5 Å². The number of aliphatic hydroxyl groups excluding tert-OH is 2. The van der Waals surface area contributed by atoms with Gasteiger partial charge in [-0.05, 0) is 12.8 Å². The molecule has 0 aromatic carbocycles. The predicted molar refractivity (Wildman–Crippen MR) is 54.5 cm³/mol. The molecule has 0 aromatic rings. The van der Waals surface area contributed by atoms with E-state index in [2.05, 4.69) is 5.32 Å². The summed E-state index contributed by atoms with van der Waals surface area (Å²) in [6.07, 6.45) is 0.828. The summed E-state index contributed by atoms with van der Waals surface area (Å²) in [4.78, 5) is 24.1. The lowest BCUT2D eigenvalue weighted by Gasteiger charge is -2.31. The summed E-state index contributed by atoms with van der Waals surface area (Å²) in [6, 6.07) is -0.452. The van der Waals surface area contributed by atoms with E-state index in [1.54, 1.807) is 4.90 Å². The molecule has 1 aliphatic carbocycles. The van der Waals surface area contributed by atoms with Crippen LogP contribution < -0.4 is 5.32 Å². The average Bonchev–Trinajstić information content (AvgIpc) is 2.59. The van der Waals surface area contributed by atoms with Crippen LogP contribution in [0.1, 0.15) is 19.3 Å². The Kier molecular flexibility index (Phi) is 3.11. The summed E-state index contributed by atoms with van der Waals surface area (Å²) in [5, 5.41) is 20.9. The first-order valence-electron chi connectivity index (χ1n) is 5.51. The van der Waals surface area contributed by atoms with Gasteiger partial charge in [-0.15, -0.1) is 0 Å². The third-order valence-electron chi connectivity index (χ3n) is 3.39. The molecule has 6 heteroatoms. The summed E-state index contributed by atoms with van der Waals surface area (Å²) in [5.74, 6) is -0.408. The van der Waals surface area contributed by atoms with E-state index < -0.39 is 6.10 Å². The number of imide groups is 1. The standard InChI is InChI=1S/C10H16N2O4/c13-5-6-3-7(4-8(6)14)12-2-1-9(15)11-10(12)16/h6-8,13-14H,1-5H2,(H,11,15,16). The van der Waals surface area contributed by atoms with Crippen LogP contribution in [-0.4, -0.2) is 52.3 Å². The normalized spacial score (nSPS) is 35.4. The Morgan fingerprint density at radius 1 is 1.38 bits per heavy atom. The Labute approximate surface area is 93.2 Å². The highest BCUT2D eigenvalue weighted by Gasteiger charge is 2.39. The van der Waals surface area contributed by atoms with Gasteiger partial charge in [0.2, 0.25) is 5.91 Å². The Morgan fingerprint density at radius 2 is 2.12 bits per heavy atom. The molecule has 2 aliphatic rings. The fourth-order valence-electron chi connectivity index (χ4n) is 2.45. The molecule has 0 radical (unpaired) electrons. The van der Waals surface area contributed by atoms with Crippen LogP contribution in [0.2, 0.25) is 0 Å². The molecule has 0 bridgehead atoms. The first-order chi connectivity index (χ1) is 7.61. The third-order valence-corrected chi connectivity index (χ3v) is 3.39. The second-order valence-corrected chi connectivity index (χ2v) is 4.43. The lowest BCUT2D eigenvalue weighted by atomic mass is 10.1. The quantitative estimate of drug-likeness (QED) is 0.569. The van der Waals surface area contributed by atoms with Crippen LogP contribution in [0.25, 0.3) is 0 Å². The van der Waals surface area contributed by atoms with Crippen molar-refractivity contribution < 1.29 is 19.8 Å². The molecule has 3 unspecified atom stereocenters. The smallest absolute Gasteiger partial charge is 0.324 e. The summed E-state index contributed by atoms with van der Waals surface area (Å²) in [6.45, 7) is 0.340. The molecule has 3 N–H and O–H groups in total. The molecule has 1 aliphatic heterocycles. The second kappa shape index (κ2) is 4.39. The van der Waals surface area contributed by atoms with Gasteiger partial charge in [0.05, 0.1) is 6.10 Å². The van der Waals surface area contributed by atoms with Gasteiger partial charge in [-0.2, -0.15) is 0 Å². The number of aliphatic hydroxyl groups is 2. The minimum Gasteiger partial charge on any atom is -0.396 e. The molecule has 16 heavy (non-hydrogen) atoms. The Balaban J connectivity index is 1.98. The molecular formula is C10H16N2O4. The molecule has 3 amide bonds. The first kappa shape index (κ1) is 11.3. The lowest BCUT2D eigenvalue weighted by molar-refractivity contribution is -0.121. The van der Waals surface area contributed by atoms with Gasteiger partial charge < -0.3 is 15.1 Å². The van der Waals surface area contributed by atoms with E-state index in [4.69, 9.17) is 5.11 Å².